The highest BCUT2D eigenvalue weighted by Crippen LogP contribution is 2.34. The first-order valence-electron chi connectivity index (χ1n) is 8.79. The number of aromatic nitrogens is 1. The number of ether oxygens (including phenoxy) is 1. The number of aryl methyl sites for hydroxylation is 1. The number of carbonyl (C=O) groups is 1. The molecule has 0 unspecified atom stereocenters. The van der Waals surface area contributed by atoms with Crippen LogP contribution in [0.4, 0.5) is 5.82 Å². The van der Waals surface area contributed by atoms with Crippen LogP contribution in [0.5, 0.6) is 0 Å². The number of nitrogens with zero attached hydrogens (tertiary/aromatic N) is 3. The Hall–Kier alpha value is -2.69. The fraction of sp³-hybridized carbons (Fsp3) is 0.450. The minimum absolute atomic E-state index is 0.120. The van der Waals surface area contributed by atoms with Gasteiger partial charge in [-0.2, -0.15) is 5.26 Å². The van der Waals surface area contributed by atoms with Crippen LogP contribution in [0.1, 0.15) is 24.0 Å². The van der Waals surface area contributed by atoms with E-state index in [2.05, 4.69) is 6.07 Å². The van der Waals surface area contributed by atoms with Crippen LogP contribution in [0.15, 0.2) is 24.3 Å². The number of pyridine rings is 1. The molecule has 2 aromatic rings. The lowest BCUT2D eigenvalue weighted by atomic mass is 9.80. The van der Waals surface area contributed by atoms with Gasteiger partial charge in [0.15, 0.2) is 0 Å². The summed E-state index contributed by atoms with van der Waals surface area (Å²) in [6.45, 7) is 3.84. The molecule has 1 aliphatic rings. The summed E-state index contributed by atoms with van der Waals surface area (Å²) in [7, 11) is 1.95. The number of benzene rings is 1. The largest absolute Gasteiger partial charge is 0.483 e. The molecule has 0 aliphatic carbocycles. The number of anilines is 1. The molecule has 7 nitrogen and oxygen atoms in total. The van der Waals surface area contributed by atoms with E-state index in [1.807, 2.05) is 43.1 Å². The summed E-state index contributed by atoms with van der Waals surface area (Å²) in [5, 5.41) is 27.5. The third kappa shape index (κ3) is 4.54. The smallest absolute Gasteiger partial charge is 0.290 e. The minimum Gasteiger partial charge on any atom is -0.483 e. The third-order valence-electron chi connectivity index (χ3n) is 5.07. The molecule has 0 bridgehead atoms. The standard InChI is InChI=1S/C19H23N3O2.CH2O2/c1-14-15-5-3-4-6-17(15)21-18(16(14)11-20)22(2)12-19(13-23)7-9-24-10-8-19;2-1-3/h3-6,23H,7-10,12-13H2,1-2H3;1H,(H,2,3). The van der Waals surface area contributed by atoms with E-state index in [1.54, 1.807) is 0 Å². The predicted molar refractivity (Wildman–Crippen MR) is 103 cm³/mol. The van der Waals surface area contributed by atoms with Crippen molar-refractivity contribution in [1.82, 2.24) is 4.98 Å². The molecule has 7 heteroatoms. The van der Waals surface area contributed by atoms with Crippen molar-refractivity contribution < 1.29 is 19.7 Å². The number of aliphatic hydroxyl groups excluding tert-OH is 1. The van der Waals surface area contributed by atoms with E-state index in [0.29, 0.717) is 31.1 Å². The molecule has 0 radical (unpaired) electrons. The van der Waals surface area contributed by atoms with Crippen LogP contribution in [0.3, 0.4) is 0 Å². The second-order valence-corrected chi connectivity index (χ2v) is 6.80. The first-order chi connectivity index (χ1) is 13.0. The van der Waals surface area contributed by atoms with Gasteiger partial charge in [-0.25, -0.2) is 4.98 Å². The highest BCUT2D eigenvalue weighted by Gasteiger charge is 2.34. The number of fused-ring (bicyclic) bond motifs is 1. The minimum atomic E-state index is -0.250. The Morgan fingerprint density at radius 2 is 2.00 bits per heavy atom. The molecular formula is C20H25N3O4. The van der Waals surface area contributed by atoms with Gasteiger partial charge in [0.2, 0.25) is 0 Å². The van der Waals surface area contributed by atoms with Crippen molar-refractivity contribution in [3.8, 4) is 6.07 Å². The Morgan fingerprint density at radius 3 is 2.59 bits per heavy atom. The molecule has 27 heavy (non-hydrogen) atoms. The summed E-state index contributed by atoms with van der Waals surface area (Å²) < 4.78 is 5.44. The average Bonchev–Trinajstić information content (AvgIpc) is 2.69. The van der Waals surface area contributed by atoms with Crippen molar-refractivity contribution in [3.63, 3.8) is 0 Å². The van der Waals surface area contributed by atoms with Gasteiger partial charge < -0.3 is 19.8 Å². The monoisotopic (exact) mass is 371 g/mol. The fourth-order valence-corrected chi connectivity index (χ4v) is 3.52. The van der Waals surface area contributed by atoms with Gasteiger partial charge in [0, 0.05) is 37.6 Å². The van der Waals surface area contributed by atoms with Crippen LogP contribution in [0, 0.1) is 23.7 Å². The van der Waals surface area contributed by atoms with Gasteiger partial charge in [0.1, 0.15) is 11.9 Å². The van der Waals surface area contributed by atoms with Gasteiger partial charge >= 0.3 is 0 Å². The number of rotatable bonds is 4. The molecule has 144 valence electrons. The number of carboxylic acid groups (broad SMARTS) is 1. The van der Waals surface area contributed by atoms with Crippen LogP contribution in [0.25, 0.3) is 10.9 Å². The molecule has 2 N–H and O–H groups in total. The quantitative estimate of drug-likeness (QED) is 0.794. The van der Waals surface area contributed by atoms with Gasteiger partial charge in [-0.1, -0.05) is 18.2 Å². The van der Waals surface area contributed by atoms with Crippen LogP contribution in [0.2, 0.25) is 0 Å². The number of para-hydroxylation sites is 1. The summed E-state index contributed by atoms with van der Waals surface area (Å²) in [5.74, 6) is 0.688. The second kappa shape index (κ2) is 9.31. The van der Waals surface area contributed by atoms with Gasteiger partial charge in [-0.15, -0.1) is 0 Å². The highest BCUT2D eigenvalue weighted by atomic mass is 16.5. The zero-order valence-corrected chi connectivity index (χ0v) is 15.7. The number of nitriles is 1. The van der Waals surface area contributed by atoms with E-state index in [1.165, 1.54) is 0 Å². The molecule has 0 amide bonds. The maximum absolute atomic E-state index is 9.92. The van der Waals surface area contributed by atoms with Crippen LogP contribution >= 0.6 is 0 Å². The summed E-state index contributed by atoms with van der Waals surface area (Å²) in [5.41, 5.74) is 2.26. The van der Waals surface area contributed by atoms with E-state index in [4.69, 9.17) is 19.6 Å². The summed E-state index contributed by atoms with van der Waals surface area (Å²) >= 11 is 0. The fourth-order valence-electron chi connectivity index (χ4n) is 3.52. The van der Waals surface area contributed by atoms with E-state index in [0.717, 1.165) is 29.3 Å². The Labute approximate surface area is 158 Å². The maximum Gasteiger partial charge on any atom is 0.290 e. The summed E-state index contributed by atoms with van der Waals surface area (Å²) in [6.07, 6.45) is 1.64. The molecule has 1 fully saturated rings. The lowest BCUT2D eigenvalue weighted by molar-refractivity contribution is -0.122. The highest BCUT2D eigenvalue weighted by molar-refractivity contribution is 5.87. The Bertz CT molecular complexity index is 826. The number of aliphatic hydroxyl groups is 1. The SMILES string of the molecule is Cc1c(C#N)c(N(C)CC2(CO)CCOCC2)nc2ccccc12.O=CO. The molecule has 1 saturated heterocycles. The van der Waals surface area contributed by atoms with Gasteiger partial charge in [-0.05, 0) is 31.4 Å². The zero-order chi connectivity index (χ0) is 19.9. The molecule has 0 atom stereocenters. The Balaban J connectivity index is 0.000000817. The van der Waals surface area contributed by atoms with Crippen LogP contribution in [-0.4, -0.2) is 55.1 Å². The molecule has 1 aliphatic heterocycles. The molecule has 3 rings (SSSR count). The Morgan fingerprint density at radius 1 is 1.37 bits per heavy atom. The van der Waals surface area contributed by atoms with E-state index < -0.39 is 0 Å². The van der Waals surface area contributed by atoms with Crippen molar-refractivity contribution in [2.75, 3.05) is 38.3 Å². The van der Waals surface area contributed by atoms with Crippen molar-refractivity contribution >= 4 is 23.2 Å². The molecule has 1 aromatic heterocycles. The van der Waals surface area contributed by atoms with Crippen LogP contribution < -0.4 is 4.90 Å². The predicted octanol–water partition coefficient (Wildman–Crippen LogP) is 2.34. The van der Waals surface area contributed by atoms with Gasteiger partial charge in [-0.3, -0.25) is 4.79 Å². The molecule has 0 saturated carbocycles. The van der Waals surface area contributed by atoms with Gasteiger partial charge in [0.25, 0.3) is 6.47 Å². The van der Waals surface area contributed by atoms with Crippen molar-refractivity contribution in [2.45, 2.75) is 19.8 Å². The third-order valence-corrected chi connectivity index (χ3v) is 5.07. The van der Waals surface area contributed by atoms with Crippen LogP contribution in [-0.2, 0) is 9.53 Å². The topological polar surface area (TPSA) is 107 Å². The Kier molecular flexibility index (Phi) is 7.11. The van der Waals surface area contributed by atoms with Crippen molar-refractivity contribution in [2.24, 2.45) is 5.41 Å². The second-order valence-electron chi connectivity index (χ2n) is 6.80. The first kappa shape index (κ1) is 20.6. The maximum atomic E-state index is 9.92. The lowest BCUT2D eigenvalue weighted by Crippen LogP contribution is -2.43. The molecule has 2 heterocycles. The van der Waals surface area contributed by atoms with E-state index in [-0.39, 0.29) is 18.5 Å². The van der Waals surface area contributed by atoms with E-state index >= 15 is 0 Å². The summed E-state index contributed by atoms with van der Waals surface area (Å²) in [4.78, 5) is 15.1. The zero-order valence-electron chi connectivity index (χ0n) is 15.7. The lowest BCUT2D eigenvalue weighted by Gasteiger charge is -2.39. The van der Waals surface area contributed by atoms with E-state index in [9.17, 15) is 10.4 Å². The van der Waals surface area contributed by atoms with Crippen molar-refractivity contribution in [1.29, 1.82) is 5.26 Å². The number of hydrogen-bond donors (Lipinski definition) is 2. The summed E-state index contributed by atoms with van der Waals surface area (Å²) in [6, 6.07) is 10.2. The normalized spacial score (nSPS) is 15.3. The molecular weight excluding hydrogens is 346 g/mol. The first-order valence-corrected chi connectivity index (χ1v) is 8.79. The van der Waals surface area contributed by atoms with Gasteiger partial charge in [0.05, 0.1) is 17.7 Å². The molecule has 1 aromatic carbocycles. The number of hydrogen-bond acceptors (Lipinski definition) is 6. The average molecular weight is 371 g/mol. The molecule has 0 spiro atoms. The van der Waals surface area contributed by atoms with Crippen molar-refractivity contribution in [3.05, 3.63) is 35.4 Å².